The quantitative estimate of drug-likeness (QED) is 0.795. The molecule has 0 unspecified atom stereocenters. The first-order valence-electron chi connectivity index (χ1n) is 5.97. The summed E-state index contributed by atoms with van der Waals surface area (Å²) in [7, 11) is 0. The molecule has 2 N–H and O–H groups in total. The zero-order valence-corrected chi connectivity index (χ0v) is 12.7. The molecule has 0 bridgehead atoms. The summed E-state index contributed by atoms with van der Waals surface area (Å²) in [6.45, 7) is 2.20. The van der Waals surface area contributed by atoms with Gasteiger partial charge in [0.2, 0.25) is 5.91 Å². The van der Waals surface area contributed by atoms with Crippen molar-refractivity contribution in [2.75, 3.05) is 11.9 Å². The lowest BCUT2D eigenvalue weighted by atomic mass is 10.2. The van der Waals surface area contributed by atoms with Gasteiger partial charge in [-0.1, -0.05) is 0 Å². The van der Waals surface area contributed by atoms with Crippen LogP contribution in [0.1, 0.15) is 18.7 Å². The molecule has 0 aliphatic carbocycles. The molecule has 0 saturated carbocycles. The Morgan fingerprint density at radius 2 is 2.05 bits per heavy atom. The highest BCUT2D eigenvalue weighted by molar-refractivity contribution is 14.1. The Balaban J connectivity index is 1.80. The number of benzene rings is 1. The minimum atomic E-state index is -0.0698. The van der Waals surface area contributed by atoms with E-state index < -0.39 is 0 Å². The van der Waals surface area contributed by atoms with Gasteiger partial charge in [-0.2, -0.15) is 0 Å². The van der Waals surface area contributed by atoms with Crippen LogP contribution in [0, 0.1) is 3.57 Å². The van der Waals surface area contributed by atoms with Crippen LogP contribution < -0.4 is 10.6 Å². The van der Waals surface area contributed by atoms with Crippen molar-refractivity contribution in [1.82, 2.24) is 5.32 Å². The molecule has 0 aliphatic rings. The molecule has 4 nitrogen and oxygen atoms in total. The molecule has 1 atom stereocenters. The highest BCUT2D eigenvalue weighted by Gasteiger charge is 2.09. The van der Waals surface area contributed by atoms with E-state index in [2.05, 4.69) is 33.2 Å². The lowest BCUT2D eigenvalue weighted by molar-refractivity contribution is -0.115. The van der Waals surface area contributed by atoms with Crippen LogP contribution in [0.15, 0.2) is 47.1 Å². The van der Waals surface area contributed by atoms with Crippen molar-refractivity contribution >= 4 is 34.2 Å². The van der Waals surface area contributed by atoms with Gasteiger partial charge >= 0.3 is 0 Å². The summed E-state index contributed by atoms with van der Waals surface area (Å²) in [5.41, 5.74) is 0.804. The number of hydrogen-bond acceptors (Lipinski definition) is 3. The van der Waals surface area contributed by atoms with Crippen LogP contribution in [0.2, 0.25) is 0 Å². The number of nitrogens with one attached hydrogen (secondary N) is 2. The van der Waals surface area contributed by atoms with Crippen LogP contribution in [0.3, 0.4) is 0 Å². The molecule has 1 aromatic heterocycles. The molecule has 2 rings (SSSR count). The van der Waals surface area contributed by atoms with Gasteiger partial charge in [-0.15, -0.1) is 0 Å². The maximum Gasteiger partial charge on any atom is 0.238 e. The first-order chi connectivity index (χ1) is 9.15. The Labute approximate surface area is 125 Å². The van der Waals surface area contributed by atoms with Crippen LogP contribution >= 0.6 is 22.6 Å². The monoisotopic (exact) mass is 370 g/mol. The Hall–Kier alpha value is -1.34. The standard InChI is InChI=1S/C14H15IN2O2/c1-10(13-3-2-8-19-13)16-9-14(18)17-12-6-4-11(15)5-7-12/h2-8,10,16H,9H2,1H3,(H,17,18)/t10-/m0/s1. The van der Waals surface area contributed by atoms with Gasteiger partial charge in [-0.05, 0) is 65.9 Å². The molecule has 19 heavy (non-hydrogen) atoms. The van der Waals surface area contributed by atoms with Crippen LogP contribution in [0.5, 0.6) is 0 Å². The molecule has 1 aromatic carbocycles. The summed E-state index contributed by atoms with van der Waals surface area (Å²) in [5.74, 6) is 0.752. The number of halogens is 1. The van der Waals surface area contributed by atoms with E-state index in [-0.39, 0.29) is 18.5 Å². The smallest absolute Gasteiger partial charge is 0.238 e. The molecule has 2 aromatic rings. The highest BCUT2D eigenvalue weighted by Crippen LogP contribution is 2.12. The molecular weight excluding hydrogens is 355 g/mol. The summed E-state index contributed by atoms with van der Waals surface area (Å²) in [4.78, 5) is 11.8. The lowest BCUT2D eigenvalue weighted by Crippen LogP contribution is -2.29. The fraction of sp³-hybridized carbons (Fsp3) is 0.214. The van der Waals surface area contributed by atoms with Crippen molar-refractivity contribution in [3.05, 3.63) is 52.0 Å². The van der Waals surface area contributed by atoms with Crippen molar-refractivity contribution in [2.45, 2.75) is 13.0 Å². The molecule has 1 amide bonds. The summed E-state index contributed by atoms with van der Waals surface area (Å²) in [6.07, 6.45) is 1.62. The van der Waals surface area contributed by atoms with Gasteiger partial charge in [0, 0.05) is 9.26 Å². The molecule has 5 heteroatoms. The maximum atomic E-state index is 11.8. The van der Waals surface area contributed by atoms with E-state index in [1.54, 1.807) is 6.26 Å². The third-order valence-corrected chi connectivity index (χ3v) is 3.39. The van der Waals surface area contributed by atoms with Gasteiger partial charge < -0.3 is 9.73 Å². The average Bonchev–Trinajstić information content (AvgIpc) is 2.93. The minimum absolute atomic E-state index is 0.0115. The number of hydrogen-bond donors (Lipinski definition) is 2. The third kappa shape index (κ3) is 4.36. The van der Waals surface area contributed by atoms with Gasteiger partial charge in [0.25, 0.3) is 0 Å². The maximum absolute atomic E-state index is 11.8. The van der Waals surface area contributed by atoms with Gasteiger partial charge in [-0.3, -0.25) is 10.1 Å². The van der Waals surface area contributed by atoms with Crippen molar-refractivity contribution in [1.29, 1.82) is 0 Å². The molecule has 100 valence electrons. The van der Waals surface area contributed by atoms with Crippen LogP contribution in [0.4, 0.5) is 5.69 Å². The van der Waals surface area contributed by atoms with E-state index in [0.29, 0.717) is 0 Å². The van der Waals surface area contributed by atoms with Crippen LogP contribution in [-0.2, 0) is 4.79 Å². The van der Waals surface area contributed by atoms with Crippen LogP contribution in [-0.4, -0.2) is 12.5 Å². The Morgan fingerprint density at radius 3 is 2.68 bits per heavy atom. The van der Waals surface area contributed by atoms with E-state index in [4.69, 9.17) is 4.42 Å². The van der Waals surface area contributed by atoms with Crippen molar-refractivity contribution < 1.29 is 9.21 Å². The SMILES string of the molecule is C[C@H](NCC(=O)Nc1ccc(I)cc1)c1ccco1. The third-order valence-electron chi connectivity index (χ3n) is 2.67. The molecule has 0 saturated heterocycles. The Bertz CT molecular complexity index is 523. The van der Waals surface area contributed by atoms with Crippen molar-refractivity contribution in [3.8, 4) is 0 Å². The largest absolute Gasteiger partial charge is 0.468 e. The molecule has 0 spiro atoms. The second-order valence-corrected chi connectivity index (χ2v) is 5.42. The normalized spacial score (nSPS) is 12.1. The first-order valence-corrected chi connectivity index (χ1v) is 7.05. The number of amides is 1. The number of carbonyl (C=O) groups is 1. The predicted octanol–water partition coefficient (Wildman–Crippen LogP) is 3.17. The number of furan rings is 1. The summed E-state index contributed by atoms with van der Waals surface area (Å²) in [6, 6.07) is 11.4. The summed E-state index contributed by atoms with van der Waals surface area (Å²) < 4.78 is 6.40. The second-order valence-electron chi connectivity index (χ2n) is 4.17. The Morgan fingerprint density at radius 1 is 1.32 bits per heavy atom. The summed E-state index contributed by atoms with van der Waals surface area (Å²) >= 11 is 2.23. The van der Waals surface area contributed by atoms with E-state index in [0.717, 1.165) is 15.0 Å². The van der Waals surface area contributed by atoms with E-state index >= 15 is 0 Å². The van der Waals surface area contributed by atoms with Crippen molar-refractivity contribution in [2.24, 2.45) is 0 Å². The number of carbonyl (C=O) groups excluding carboxylic acids is 1. The van der Waals surface area contributed by atoms with E-state index in [9.17, 15) is 4.79 Å². The zero-order valence-electron chi connectivity index (χ0n) is 10.5. The lowest BCUT2D eigenvalue weighted by Gasteiger charge is -2.11. The molecule has 0 radical (unpaired) electrons. The highest BCUT2D eigenvalue weighted by atomic mass is 127. The topological polar surface area (TPSA) is 54.3 Å². The predicted molar refractivity (Wildman–Crippen MR) is 82.9 cm³/mol. The average molecular weight is 370 g/mol. The zero-order chi connectivity index (χ0) is 13.7. The van der Waals surface area contributed by atoms with Gasteiger partial charge in [-0.25, -0.2) is 0 Å². The van der Waals surface area contributed by atoms with Gasteiger partial charge in [0.15, 0.2) is 0 Å². The minimum Gasteiger partial charge on any atom is -0.468 e. The first kappa shape index (κ1) is 14.1. The van der Waals surface area contributed by atoms with Crippen molar-refractivity contribution in [3.63, 3.8) is 0 Å². The molecule has 1 heterocycles. The molecule has 0 fully saturated rings. The van der Waals surface area contributed by atoms with E-state index in [1.807, 2.05) is 43.3 Å². The van der Waals surface area contributed by atoms with Crippen LogP contribution in [0.25, 0.3) is 0 Å². The fourth-order valence-corrected chi connectivity index (χ4v) is 1.98. The van der Waals surface area contributed by atoms with E-state index in [1.165, 1.54) is 0 Å². The fourth-order valence-electron chi connectivity index (χ4n) is 1.62. The molecule has 0 aliphatic heterocycles. The Kier molecular flexibility index (Phi) is 4.98. The summed E-state index contributed by atoms with van der Waals surface area (Å²) in [5, 5.41) is 5.94. The van der Waals surface area contributed by atoms with Gasteiger partial charge in [0.05, 0.1) is 18.8 Å². The number of anilines is 1. The van der Waals surface area contributed by atoms with Gasteiger partial charge in [0.1, 0.15) is 5.76 Å². The number of rotatable bonds is 5. The molecular formula is C14H15IN2O2. The second kappa shape index (κ2) is 6.72.